The molecule has 0 radical (unpaired) electrons. The monoisotopic (exact) mass is 321 g/mol. The second-order valence-corrected chi connectivity index (χ2v) is 6.40. The Morgan fingerprint density at radius 2 is 2.06 bits per heavy atom. The minimum Gasteiger partial charge on any atom is -0.480 e. The minimum absolute atomic E-state index is 0.368. The van der Waals surface area contributed by atoms with Crippen molar-refractivity contribution in [3.8, 4) is 0 Å². The van der Waals surface area contributed by atoms with Crippen LogP contribution in [0.4, 0.5) is 5.69 Å². The number of hydrogen-bond donors (Lipinski definition) is 2. The molecule has 1 unspecified atom stereocenters. The van der Waals surface area contributed by atoms with Crippen molar-refractivity contribution in [2.45, 2.75) is 19.1 Å². The molecule has 2 N–H and O–H groups in total. The molecule has 0 spiro atoms. The predicted octanol–water partition coefficient (Wildman–Crippen LogP) is 1.97. The van der Waals surface area contributed by atoms with E-state index in [0.717, 1.165) is 11.4 Å². The Labute approximate surface area is 108 Å². The van der Waals surface area contributed by atoms with Crippen molar-refractivity contribution >= 4 is 37.6 Å². The lowest BCUT2D eigenvalue weighted by Crippen LogP contribution is -2.32. The number of anilines is 1. The maximum absolute atomic E-state index is 11.7. The van der Waals surface area contributed by atoms with Gasteiger partial charge in [-0.05, 0) is 31.5 Å². The van der Waals surface area contributed by atoms with Gasteiger partial charge in [-0.3, -0.25) is 9.52 Å². The van der Waals surface area contributed by atoms with Crippen LogP contribution < -0.4 is 4.72 Å². The molecule has 0 heterocycles. The van der Waals surface area contributed by atoms with Crippen molar-refractivity contribution in [2.24, 2.45) is 0 Å². The summed E-state index contributed by atoms with van der Waals surface area (Å²) >= 11 is 3.27. The topological polar surface area (TPSA) is 83.5 Å². The van der Waals surface area contributed by atoms with Gasteiger partial charge in [0.15, 0.2) is 5.25 Å². The van der Waals surface area contributed by atoms with Gasteiger partial charge in [0, 0.05) is 4.47 Å². The first kappa shape index (κ1) is 14.0. The van der Waals surface area contributed by atoms with Gasteiger partial charge in [0.1, 0.15) is 0 Å². The first-order chi connectivity index (χ1) is 7.75. The fourth-order valence-corrected chi connectivity index (χ4v) is 2.43. The van der Waals surface area contributed by atoms with Crippen LogP contribution >= 0.6 is 15.9 Å². The van der Waals surface area contributed by atoms with Crippen molar-refractivity contribution in [3.63, 3.8) is 0 Å². The molecular formula is C10H12BrNO4S. The molecule has 0 saturated heterocycles. The molecule has 0 aromatic heterocycles. The van der Waals surface area contributed by atoms with Crippen LogP contribution in [0.1, 0.15) is 12.5 Å². The highest BCUT2D eigenvalue weighted by Gasteiger charge is 2.27. The number of carboxylic acid groups (broad SMARTS) is 1. The first-order valence-corrected chi connectivity index (χ1v) is 7.09. The lowest BCUT2D eigenvalue weighted by Gasteiger charge is -2.13. The zero-order chi connectivity index (χ0) is 13.2. The Morgan fingerprint density at radius 3 is 2.59 bits per heavy atom. The smallest absolute Gasteiger partial charge is 0.323 e. The van der Waals surface area contributed by atoms with Crippen LogP contribution in [0.5, 0.6) is 0 Å². The molecule has 0 aliphatic carbocycles. The third-order valence-electron chi connectivity index (χ3n) is 2.33. The molecule has 7 heteroatoms. The van der Waals surface area contributed by atoms with E-state index in [4.69, 9.17) is 5.11 Å². The molecule has 0 fully saturated rings. The summed E-state index contributed by atoms with van der Waals surface area (Å²) in [6.45, 7) is 2.85. The second kappa shape index (κ2) is 5.05. The first-order valence-electron chi connectivity index (χ1n) is 4.75. The summed E-state index contributed by atoms with van der Waals surface area (Å²) in [5, 5.41) is 7.19. The van der Waals surface area contributed by atoms with Crippen LogP contribution in [0.3, 0.4) is 0 Å². The molecule has 0 amide bonds. The predicted molar refractivity (Wildman–Crippen MR) is 68.5 cm³/mol. The molecule has 1 aromatic rings. The summed E-state index contributed by atoms with van der Waals surface area (Å²) in [6, 6.07) is 5.01. The standard InChI is InChI=1S/C10H12BrNO4S/c1-6-8(11)4-3-5-9(6)12-17(15,16)7(2)10(13)14/h3-5,7,12H,1-2H3,(H,13,14). The molecule has 0 aliphatic heterocycles. The normalized spacial score (nSPS) is 13.1. The van der Waals surface area contributed by atoms with E-state index < -0.39 is 21.2 Å². The van der Waals surface area contributed by atoms with E-state index in [1.807, 2.05) is 0 Å². The van der Waals surface area contributed by atoms with Gasteiger partial charge >= 0.3 is 5.97 Å². The van der Waals surface area contributed by atoms with Crippen molar-refractivity contribution in [1.82, 2.24) is 0 Å². The van der Waals surface area contributed by atoms with Crippen LogP contribution in [-0.2, 0) is 14.8 Å². The van der Waals surface area contributed by atoms with E-state index in [1.54, 1.807) is 25.1 Å². The number of aliphatic carboxylic acids is 1. The number of halogens is 1. The summed E-state index contributed by atoms with van der Waals surface area (Å²) in [5.41, 5.74) is 1.07. The van der Waals surface area contributed by atoms with Gasteiger partial charge in [-0.2, -0.15) is 0 Å². The van der Waals surface area contributed by atoms with E-state index in [-0.39, 0.29) is 0 Å². The quantitative estimate of drug-likeness (QED) is 0.888. The number of carboxylic acids is 1. The van der Waals surface area contributed by atoms with E-state index in [2.05, 4.69) is 20.7 Å². The maximum atomic E-state index is 11.7. The van der Waals surface area contributed by atoms with Crippen LogP contribution in [-0.4, -0.2) is 24.7 Å². The molecule has 5 nitrogen and oxygen atoms in total. The average molecular weight is 322 g/mol. The lowest BCUT2D eigenvalue weighted by molar-refractivity contribution is -0.136. The number of hydrogen-bond acceptors (Lipinski definition) is 3. The number of nitrogens with one attached hydrogen (secondary N) is 1. The minimum atomic E-state index is -3.92. The number of sulfonamides is 1. The maximum Gasteiger partial charge on any atom is 0.323 e. The highest BCUT2D eigenvalue weighted by Crippen LogP contribution is 2.24. The summed E-state index contributed by atoms with van der Waals surface area (Å²) in [5.74, 6) is -1.38. The molecule has 94 valence electrons. The van der Waals surface area contributed by atoms with Gasteiger partial charge in [-0.15, -0.1) is 0 Å². The van der Waals surface area contributed by atoms with Crippen LogP contribution in [0.25, 0.3) is 0 Å². The van der Waals surface area contributed by atoms with Crippen molar-refractivity contribution in [2.75, 3.05) is 4.72 Å². The summed E-state index contributed by atoms with van der Waals surface area (Å²) in [6.07, 6.45) is 0. The van der Waals surface area contributed by atoms with Crippen LogP contribution in [0.15, 0.2) is 22.7 Å². The lowest BCUT2D eigenvalue weighted by atomic mass is 10.2. The van der Waals surface area contributed by atoms with E-state index in [0.29, 0.717) is 11.3 Å². The van der Waals surface area contributed by atoms with Gasteiger partial charge < -0.3 is 5.11 Å². The number of carbonyl (C=O) groups is 1. The highest BCUT2D eigenvalue weighted by atomic mass is 79.9. The van der Waals surface area contributed by atoms with E-state index in [9.17, 15) is 13.2 Å². The summed E-state index contributed by atoms with van der Waals surface area (Å²) < 4.78 is 26.4. The fourth-order valence-electron chi connectivity index (χ4n) is 1.09. The zero-order valence-corrected chi connectivity index (χ0v) is 11.7. The second-order valence-electron chi connectivity index (χ2n) is 3.54. The molecule has 17 heavy (non-hydrogen) atoms. The molecule has 1 aromatic carbocycles. The van der Waals surface area contributed by atoms with Crippen LogP contribution in [0.2, 0.25) is 0 Å². The number of benzene rings is 1. The Bertz CT molecular complexity index is 541. The van der Waals surface area contributed by atoms with Gasteiger partial charge in [-0.25, -0.2) is 8.42 Å². The molecule has 0 aliphatic rings. The van der Waals surface area contributed by atoms with Crippen molar-refractivity contribution in [1.29, 1.82) is 0 Å². The third kappa shape index (κ3) is 3.19. The summed E-state index contributed by atoms with van der Waals surface area (Å²) in [7, 11) is -3.92. The van der Waals surface area contributed by atoms with Gasteiger partial charge in [0.2, 0.25) is 10.0 Å². The average Bonchev–Trinajstić information content (AvgIpc) is 2.23. The Hall–Kier alpha value is -1.08. The SMILES string of the molecule is Cc1c(Br)cccc1NS(=O)(=O)C(C)C(=O)O. The van der Waals surface area contributed by atoms with E-state index >= 15 is 0 Å². The molecule has 0 saturated carbocycles. The third-order valence-corrected chi connectivity index (χ3v) is 4.83. The zero-order valence-electron chi connectivity index (χ0n) is 9.27. The summed E-state index contributed by atoms with van der Waals surface area (Å²) in [4.78, 5) is 10.7. The van der Waals surface area contributed by atoms with Gasteiger partial charge in [0.25, 0.3) is 0 Å². The fraction of sp³-hybridized carbons (Fsp3) is 0.300. The molecular weight excluding hydrogens is 310 g/mol. The van der Waals surface area contributed by atoms with E-state index in [1.165, 1.54) is 0 Å². The molecule has 1 atom stereocenters. The Morgan fingerprint density at radius 1 is 1.47 bits per heavy atom. The van der Waals surface area contributed by atoms with Crippen molar-refractivity contribution < 1.29 is 18.3 Å². The van der Waals surface area contributed by atoms with Gasteiger partial charge in [0.05, 0.1) is 5.69 Å². The van der Waals surface area contributed by atoms with Gasteiger partial charge in [-0.1, -0.05) is 22.0 Å². The Kier molecular flexibility index (Phi) is 4.16. The largest absolute Gasteiger partial charge is 0.480 e. The Balaban J connectivity index is 3.07. The number of rotatable bonds is 4. The van der Waals surface area contributed by atoms with Crippen molar-refractivity contribution in [3.05, 3.63) is 28.2 Å². The molecule has 1 rings (SSSR count). The highest BCUT2D eigenvalue weighted by molar-refractivity contribution is 9.10. The molecule has 0 bridgehead atoms. The van der Waals surface area contributed by atoms with Crippen LogP contribution in [0, 0.1) is 6.92 Å².